The highest BCUT2D eigenvalue weighted by Gasteiger charge is 2.06. The Morgan fingerprint density at radius 3 is 2.35 bits per heavy atom. The highest BCUT2D eigenvalue weighted by atomic mass is 19.1. The third-order valence-electron chi connectivity index (χ3n) is 1.83. The molecule has 3 heteroatoms. The van der Waals surface area contributed by atoms with E-state index in [0.717, 1.165) is 0 Å². The van der Waals surface area contributed by atoms with Crippen molar-refractivity contribution in [1.82, 2.24) is 9.97 Å². The van der Waals surface area contributed by atoms with Crippen LogP contribution in [0.15, 0.2) is 12.1 Å². The number of fused-ring (bicyclic) bond motifs is 1. The number of terminal acetylenes is 1. The largest absolute Gasteiger partial charge is 0.342 e. The van der Waals surface area contributed by atoms with Gasteiger partial charge in [-0.15, -0.1) is 6.42 Å². The number of imidazole rings is 1. The summed E-state index contributed by atoms with van der Waals surface area (Å²) in [6.07, 6.45) is 5.17. The molecule has 2 aromatic rings. The summed E-state index contributed by atoms with van der Waals surface area (Å²) in [7, 11) is 0. The number of nitrogens with one attached hydrogen (secondary N) is 1. The van der Waals surface area contributed by atoms with E-state index in [-0.39, 0.29) is 5.82 Å². The van der Waals surface area contributed by atoms with E-state index in [1.165, 1.54) is 6.07 Å². The van der Waals surface area contributed by atoms with Crippen molar-refractivity contribution in [2.75, 3.05) is 0 Å². The van der Waals surface area contributed by atoms with Crippen LogP contribution in [0, 0.1) is 25.1 Å². The minimum atomic E-state index is -0.380. The smallest absolute Gasteiger partial charge is 0.152 e. The summed E-state index contributed by atoms with van der Waals surface area (Å²) in [6, 6.07) is 3.01. The van der Waals surface area contributed by atoms with Gasteiger partial charge in [0.2, 0.25) is 0 Å². The third-order valence-corrected chi connectivity index (χ3v) is 1.83. The number of aromatic amines is 1. The summed E-state index contributed by atoms with van der Waals surface area (Å²) in [5.41, 5.74) is 1.51. The summed E-state index contributed by atoms with van der Waals surface area (Å²) < 4.78 is 13.3. The average Bonchev–Trinajstić information content (AvgIpc) is 2.75. The number of benzene rings is 1. The van der Waals surface area contributed by atoms with E-state index >= 15 is 0 Å². The predicted molar refractivity (Wildman–Crippen MR) is 71.4 cm³/mol. The van der Waals surface area contributed by atoms with E-state index < -0.39 is 0 Å². The number of rotatable bonds is 0. The second kappa shape index (κ2) is 7.45. The van der Waals surface area contributed by atoms with E-state index in [0.29, 0.717) is 22.4 Å². The van der Waals surface area contributed by atoms with Crippen LogP contribution >= 0.6 is 0 Å². The molecule has 1 aromatic carbocycles. The number of aryl methyl sites for hydroxylation is 1. The van der Waals surface area contributed by atoms with Crippen LogP contribution < -0.4 is 0 Å². The molecule has 0 saturated heterocycles. The summed E-state index contributed by atoms with van der Waals surface area (Å²) in [6.45, 7) is 9.77. The van der Waals surface area contributed by atoms with Gasteiger partial charge in [-0.3, -0.25) is 0 Å². The Labute approximate surface area is 102 Å². The molecule has 1 heterocycles. The predicted octanol–water partition coefficient (Wildman–Crippen LogP) is 4.04. The minimum absolute atomic E-state index is 0.344. The van der Waals surface area contributed by atoms with E-state index in [1.807, 2.05) is 27.7 Å². The standard InChI is InChI=1S/C10H7FN2.2C2H6/c1-3-7-4-8(11)10-9(5-7)12-6(2)13-10;2*1-2/h1,4-5H,2H3,(H,12,13);2*1-2H3. The normalized spacial score (nSPS) is 8.53. The number of nitrogens with zero attached hydrogens (tertiary/aromatic N) is 1. The van der Waals surface area contributed by atoms with E-state index in [1.54, 1.807) is 13.0 Å². The van der Waals surface area contributed by atoms with Crippen LogP contribution in [-0.2, 0) is 0 Å². The number of hydrogen-bond acceptors (Lipinski definition) is 1. The lowest BCUT2D eigenvalue weighted by atomic mass is 10.2. The van der Waals surface area contributed by atoms with Crippen LogP contribution in [0.4, 0.5) is 4.39 Å². The zero-order valence-corrected chi connectivity index (χ0v) is 11.1. The molecular formula is C14H19FN2. The van der Waals surface area contributed by atoms with Gasteiger partial charge in [0.25, 0.3) is 0 Å². The molecule has 0 amide bonds. The maximum atomic E-state index is 13.3. The van der Waals surface area contributed by atoms with Crippen molar-refractivity contribution in [3.8, 4) is 12.3 Å². The average molecular weight is 234 g/mol. The molecule has 2 nitrogen and oxygen atoms in total. The van der Waals surface area contributed by atoms with Crippen LogP contribution in [-0.4, -0.2) is 9.97 Å². The van der Waals surface area contributed by atoms with Crippen LogP contribution in [0.25, 0.3) is 11.0 Å². The Morgan fingerprint density at radius 1 is 1.24 bits per heavy atom. The maximum Gasteiger partial charge on any atom is 0.152 e. The highest BCUT2D eigenvalue weighted by molar-refractivity contribution is 5.77. The summed E-state index contributed by atoms with van der Waals surface area (Å²) >= 11 is 0. The molecule has 17 heavy (non-hydrogen) atoms. The van der Waals surface area contributed by atoms with Gasteiger partial charge in [0.05, 0.1) is 5.52 Å². The van der Waals surface area contributed by atoms with Crippen molar-refractivity contribution in [3.05, 3.63) is 29.3 Å². The maximum absolute atomic E-state index is 13.3. The van der Waals surface area contributed by atoms with E-state index in [4.69, 9.17) is 6.42 Å². The third kappa shape index (κ3) is 3.60. The zero-order chi connectivity index (χ0) is 13.4. The molecule has 1 N–H and O–H groups in total. The summed E-state index contributed by atoms with van der Waals surface area (Å²) in [5, 5.41) is 0. The first-order valence-corrected chi connectivity index (χ1v) is 5.83. The molecule has 0 spiro atoms. The fourth-order valence-electron chi connectivity index (χ4n) is 1.28. The van der Waals surface area contributed by atoms with Crippen molar-refractivity contribution < 1.29 is 4.39 Å². The highest BCUT2D eigenvalue weighted by Crippen LogP contribution is 2.17. The van der Waals surface area contributed by atoms with Crippen molar-refractivity contribution in [3.63, 3.8) is 0 Å². The first-order valence-electron chi connectivity index (χ1n) is 5.83. The summed E-state index contributed by atoms with van der Waals surface area (Å²) in [4.78, 5) is 6.92. The van der Waals surface area contributed by atoms with Gasteiger partial charge in [0.15, 0.2) is 5.82 Å². The van der Waals surface area contributed by atoms with Crippen LogP contribution in [0.1, 0.15) is 39.1 Å². The first-order chi connectivity index (χ1) is 8.20. The molecule has 0 saturated carbocycles. The van der Waals surface area contributed by atoms with Gasteiger partial charge in [-0.25, -0.2) is 9.37 Å². The fraction of sp³-hybridized carbons (Fsp3) is 0.357. The van der Waals surface area contributed by atoms with Gasteiger partial charge in [-0.2, -0.15) is 0 Å². The van der Waals surface area contributed by atoms with Gasteiger partial charge in [0.1, 0.15) is 11.3 Å². The second-order valence-corrected chi connectivity index (χ2v) is 2.82. The lowest BCUT2D eigenvalue weighted by Gasteiger charge is -1.92. The van der Waals surface area contributed by atoms with Crippen LogP contribution in [0.5, 0.6) is 0 Å². The Bertz CT molecular complexity index is 507. The fourth-order valence-corrected chi connectivity index (χ4v) is 1.28. The molecule has 2 rings (SSSR count). The van der Waals surface area contributed by atoms with Gasteiger partial charge < -0.3 is 4.98 Å². The molecule has 0 aliphatic rings. The molecular weight excluding hydrogens is 215 g/mol. The molecule has 0 aliphatic heterocycles. The Balaban J connectivity index is 0.000000581. The van der Waals surface area contributed by atoms with Crippen LogP contribution in [0.3, 0.4) is 0 Å². The van der Waals surface area contributed by atoms with Gasteiger partial charge in [0, 0.05) is 5.56 Å². The lowest BCUT2D eigenvalue weighted by Crippen LogP contribution is -1.81. The van der Waals surface area contributed by atoms with Gasteiger partial charge >= 0.3 is 0 Å². The number of H-pyrrole nitrogens is 1. The molecule has 0 radical (unpaired) electrons. The summed E-state index contributed by atoms with van der Waals surface area (Å²) in [5.74, 6) is 2.68. The molecule has 0 atom stereocenters. The quantitative estimate of drug-likeness (QED) is 0.684. The van der Waals surface area contributed by atoms with E-state index in [2.05, 4.69) is 15.9 Å². The molecule has 0 bridgehead atoms. The Hall–Kier alpha value is -1.82. The van der Waals surface area contributed by atoms with Gasteiger partial charge in [-0.05, 0) is 19.1 Å². The van der Waals surface area contributed by atoms with E-state index in [9.17, 15) is 4.39 Å². The van der Waals surface area contributed by atoms with Gasteiger partial charge in [-0.1, -0.05) is 33.6 Å². The molecule has 92 valence electrons. The van der Waals surface area contributed by atoms with Crippen molar-refractivity contribution in [2.45, 2.75) is 34.6 Å². The Kier molecular flexibility index (Phi) is 6.65. The Morgan fingerprint density at radius 2 is 1.82 bits per heavy atom. The second-order valence-electron chi connectivity index (χ2n) is 2.82. The zero-order valence-electron chi connectivity index (χ0n) is 11.1. The molecule has 0 aliphatic carbocycles. The monoisotopic (exact) mass is 234 g/mol. The van der Waals surface area contributed by atoms with Crippen molar-refractivity contribution >= 4 is 11.0 Å². The van der Waals surface area contributed by atoms with Crippen molar-refractivity contribution in [1.29, 1.82) is 0 Å². The van der Waals surface area contributed by atoms with Crippen LogP contribution in [0.2, 0.25) is 0 Å². The minimum Gasteiger partial charge on any atom is -0.342 e. The first kappa shape index (κ1) is 15.2. The molecule has 0 fully saturated rings. The number of halogens is 1. The molecule has 1 aromatic heterocycles. The lowest BCUT2D eigenvalue weighted by molar-refractivity contribution is 0.637. The van der Waals surface area contributed by atoms with Crippen molar-refractivity contribution in [2.24, 2.45) is 0 Å². The number of hydrogen-bond donors (Lipinski definition) is 1. The topological polar surface area (TPSA) is 28.7 Å². The SMILES string of the molecule is C#Cc1cc(F)c2nc(C)[nH]c2c1.CC.CC. The number of aromatic nitrogens is 2. The molecule has 0 unspecified atom stereocenters.